The van der Waals surface area contributed by atoms with Gasteiger partial charge in [0.25, 0.3) is 0 Å². The summed E-state index contributed by atoms with van der Waals surface area (Å²) in [6.45, 7) is 6.92. The Morgan fingerprint density at radius 1 is 1.24 bits per heavy atom. The van der Waals surface area contributed by atoms with Gasteiger partial charge in [0.1, 0.15) is 0 Å². The summed E-state index contributed by atoms with van der Waals surface area (Å²) in [5.41, 5.74) is 2.22. The molecule has 0 spiro atoms. The molecule has 5 heteroatoms. The molecule has 0 aromatic heterocycles. The predicted octanol–water partition coefficient (Wildman–Crippen LogP) is 2.53. The van der Waals surface area contributed by atoms with Crippen molar-refractivity contribution in [3.05, 3.63) is 41.5 Å². The number of hydrogen-bond acceptors (Lipinski definition) is 3. The van der Waals surface area contributed by atoms with Gasteiger partial charge in [0.05, 0.1) is 4.90 Å². The number of nitrogens with zero attached hydrogens (tertiary/aromatic N) is 1. The Labute approximate surface area is 127 Å². The largest absolute Gasteiger partial charge is 0.313 e. The van der Waals surface area contributed by atoms with Crippen molar-refractivity contribution in [1.82, 2.24) is 9.62 Å². The molecule has 1 heterocycles. The van der Waals surface area contributed by atoms with Crippen LogP contribution < -0.4 is 5.32 Å². The molecule has 0 unspecified atom stereocenters. The molecule has 1 aromatic rings. The molecule has 0 radical (unpaired) electrons. The zero-order valence-electron chi connectivity index (χ0n) is 12.8. The summed E-state index contributed by atoms with van der Waals surface area (Å²) in [6.07, 6.45) is 3.99. The van der Waals surface area contributed by atoms with Crippen molar-refractivity contribution in [2.45, 2.75) is 38.1 Å². The highest BCUT2D eigenvalue weighted by molar-refractivity contribution is 7.89. The van der Waals surface area contributed by atoms with Gasteiger partial charge in [-0.3, -0.25) is 0 Å². The normalized spacial score (nSPS) is 16.8. The first-order valence-electron chi connectivity index (χ1n) is 7.49. The van der Waals surface area contributed by atoms with Gasteiger partial charge >= 0.3 is 0 Å². The van der Waals surface area contributed by atoms with E-state index in [1.165, 1.54) is 0 Å². The lowest BCUT2D eigenvalue weighted by atomic mass is 10.2. The van der Waals surface area contributed by atoms with E-state index in [9.17, 15) is 8.42 Å². The number of benzene rings is 1. The van der Waals surface area contributed by atoms with Gasteiger partial charge in [0, 0.05) is 19.6 Å². The van der Waals surface area contributed by atoms with Gasteiger partial charge in [0.15, 0.2) is 0 Å². The maximum absolute atomic E-state index is 12.6. The van der Waals surface area contributed by atoms with Crippen molar-refractivity contribution >= 4 is 10.0 Å². The standard InChI is InChI=1S/C16H24N2O2S/c1-3-10-17-12-15-6-8-16(9-7-15)21(19,20)18-11-4-5-14(2)13-18/h5-9,17H,3-4,10-13H2,1-2H3. The quantitative estimate of drug-likeness (QED) is 0.649. The average molecular weight is 308 g/mol. The van der Waals surface area contributed by atoms with E-state index in [0.29, 0.717) is 18.0 Å². The van der Waals surface area contributed by atoms with E-state index < -0.39 is 10.0 Å². The zero-order chi connectivity index (χ0) is 15.3. The number of nitrogens with one attached hydrogen (secondary N) is 1. The van der Waals surface area contributed by atoms with E-state index in [4.69, 9.17) is 0 Å². The molecule has 1 aliphatic rings. The third-order valence-electron chi connectivity index (χ3n) is 3.61. The van der Waals surface area contributed by atoms with Crippen molar-refractivity contribution in [3.8, 4) is 0 Å². The summed E-state index contributed by atoms with van der Waals surface area (Å²) in [7, 11) is -3.36. The smallest absolute Gasteiger partial charge is 0.243 e. The number of rotatable bonds is 6. The first kappa shape index (κ1) is 16.2. The molecule has 0 amide bonds. The minimum absolute atomic E-state index is 0.386. The van der Waals surface area contributed by atoms with Crippen LogP contribution in [-0.2, 0) is 16.6 Å². The molecule has 21 heavy (non-hydrogen) atoms. The highest BCUT2D eigenvalue weighted by Gasteiger charge is 2.25. The van der Waals surface area contributed by atoms with Crippen LogP contribution in [0.25, 0.3) is 0 Å². The van der Waals surface area contributed by atoms with Crippen molar-refractivity contribution in [3.63, 3.8) is 0 Å². The molecule has 1 aromatic carbocycles. The molecule has 0 atom stereocenters. The van der Waals surface area contributed by atoms with Crippen molar-refractivity contribution in [2.24, 2.45) is 0 Å². The van der Waals surface area contributed by atoms with Crippen LogP contribution in [0.15, 0.2) is 40.8 Å². The van der Waals surface area contributed by atoms with E-state index in [1.54, 1.807) is 16.4 Å². The van der Waals surface area contributed by atoms with E-state index in [0.717, 1.165) is 37.1 Å². The second-order valence-electron chi connectivity index (χ2n) is 5.50. The maximum atomic E-state index is 12.6. The Kier molecular flexibility index (Phi) is 5.56. The SMILES string of the molecule is CCCNCc1ccc(S(=O)(=O)N2CCC=C(C)C2)cc1. The second kappa shape index (κ2) is 7.20. The highest BCUT2D eigenvalue weighted by Crippen LogP contribution is 2.20. The van der Waals surface area contributed by atoms with Crippen LogP contribution in [0, 0.1) is 0 Å². The Bertz CT molecular complexity index is 591. The number of hydrogen-bond donors (Lipinski definition) is 1. The lowest BCUT2D eigenvalue weighted by molar-refractivity contribution is 0.428. The fourth-order valence-electron chi connectivity index (χ4n) is 2.42. The molecule has 116 valence electrons. The molecule has 1 N–H and O–H groups in total. The van der Waals surface area contributed by atoms with E-state index in [-0.39, 0.29) is 0 Å². The Morgan fingerprint density at radius 2 is 1.95 bits per heavy atom. The summed E-state index contributed by atoms with van der Waals surface area (Å²) in [5.74, 6) is 0. The highest BCUT2D eigenvalue weighted by atomic mass is 32.2. The molecule has 0 aliphatic carbocycles. The summed E-state index contributed by atoms with van der Waals surface area (Å²) >= 11 is 0. The molecule has 0 bridgehead atoms. The Morgan fingerprint density at radius 3 is 2.57 bits per heavy atom. The Hall–Kier alpha value is -1.17. The lowest BCUT2D eigenvalue weighted by Gasteiger charge is -2.25. The average Bonchev–Trinajstić information content (AvgIpc) is 2.48. The summed E-state index contributed by atoms with van der Waals surface area (Å²) < 4.78 is 26.7. The molecular formula is C16H24N2O2S. The van der Waals surface area contributed by atoms with Gasteiger partial charge in [-0.15, -0.1) is 0 Å². The van der Waals surface area contributed by atoms with Crippen LogP contribution in [-0.4, -0.2) is 32.4 Å². The molecule has 4 nitrogen and oxygen atoms in total. The minimum atomic E-state index is -3.36. The van der Waals surface area contributed by atoms with Gasteiger partial charge in [0.2, 0.25) is 10.0 Å². The van der Waals surface area contributed by atoms with Crippen molar-refractivity contribution in [1.29, 1.82) is 0 Å². The molecule has 0 saturated heterocycles. The topological polar surface area (TPSA) is 49.4 Å². The zero-order valence-corrected chi connectivity index (χ0v) is 13.6. The molecule has 0 fully saturated rings. The first-order chi connectivity index (χ1) is 10.0. The maximum Gasteiger partial charge on any atom is 0.243 e. The van der Waals surface area contributed by atoms with Crippen molar-refractivity contribution < 1.29 is 8.42 Å². The fourth-order valence-corrected chi connectivity index (χ4v) is 3.92. The molecular weight excluding hydrogens is 284 g/mol. The second-order valence-corrected chi connectivity index (χ2v) is 7.44. The summed E-state index contributed by atoms with van der Waals surface area (Å²) in [4.78, 5) is 0.386. The van der Waals surface area contributed by atoms with E-state index in [2.05, 4.69) is 18.3 Å². The number of sulfonamides is 1. The Balaban J connectivity index is 2.08. The molecule has 0 saturated carbocycles. The van der Waals surface area contributed by atoms with Gasteiger partial charge in [-0.05, 0) is 44.0 Å². The van der Waals surface area contributed by atoms with Crippen LogP contribution in [0.3, 0.4) is 0 Å². The van der Waals surface area contributed by atoms with Crippen molar-refractivity contribution in [2.75, 3.05) is 19.6 Å². The molecule has 1 aliphatic heterocycles. The lowest BCUT2D eigenvalue weighted by Crippen LogP contribution is -2.35. The summed E-state index contributed by atoms with van der Waals surface area (Å²) in [5, 5.41) is 3.31. The predicted molar refractivity (Wildman–Crippen MR) is 85.6 cm³/mol. The van der Waals surface area contributed by atoms with E-state index >= 15 is 0 Å². The third-order valence-corrected chi connectivity index (χ3v) is 5.47. The monoisotopic (exact) mass is 308 g/mol. The van der Waals surface area contributed by atoms with E-state index in [1.807, 2.05) is 19.1 Å². The minimum Gasteiger partial charge on any atom is -0.313 e. The van der Waals surface area contributed by atoms with Crippen LogP contribution in [0.4, 0.5) is 0 Å². The third kappa shape index (κ3) is 4.15. The van der Waals surface area contributed by atoms with Crippen LogP contribution >= 0.6 is 0 Å². The summed E-state index contributed by atoms with van der Waals surface area (Å²) in [6, 6.07) is 7.21. The van der Waals surface area contributed by atoms with Gasteiger partial charge in [-0.2, -0.15) is 4.31 Å². The molecule has 2 rings (SSSR count). The van der Waals surface area contributed by atoms with Crippen LogP contribution in [0.1, 0.15) is 32.3 Å². The van der Waals surface area contributed by atoms with Crippen LogP contribution in [0.2, 0.25) is 0 Å². The van der Waals surface area contributed by atoms with Gasteiger partial charge in [-0.1, -0.05) is 30.7 Å². The van der Waals surface area contributed by atoms with Gasteiger partial charge < -0.3 is 5.32 Å². The van der Waals surface area contributed by atoms with Gasteiger partial charge in [-0.25, -0.2) is 8.42 Å². The first-order valence-corrected chi connectivity index (χ1v) is 8.93. The fraction of sp³-hybridized carbons (Fsp3) is 0.500. The van der Waals surface area contributed by atoms with Crippen LogP contribution in [0.5, 0.6) is 0 Å².